The summed E-state index contributed by atoms with van der Waals surface area (Å²) in [6, 6.07) is 6.49. The van der Waals surface area contributed by atoms with E-state index in [1.807, 2.05) is 4.90 Å². The van der Waals surface area contributed by atoms with Crippen molar-refractivity contribution in [2.24, 2.45) is 0 Å². The van der Waals surface area contributed by atoms with E-state index in [1.165, 1.54) is 12.3 Å². The van der Waals surface area contributed by atoms with E-state index in [0.717, 1.165) is 32.2 Å². The molecule has 28 heavy (non-hydrogen) atoms. The van der Waals surface area contributed by atoms with Crippen molar-refractivity contribution in [2.45, 2.75) is 51.5 Å². The summed E-state index contributed by atoms with van der Waals surface area (Å²) in [6.07, 6.45) is 5.74. The van der Waals surface area contributed by atoms with Crippen LogP contribution in [0, 0.1) is 5.82 Å². The number of hydrogen-bond donors (Lipinski definition) is 0. The fourth-order valence-electron chi connectivity index (χ4n) is 3.47. The van der Waals surface area contributed by atoms with Gasteiger partial charge in [-0.15, -0.1) is 0 Å². The zero-order valence-electron chi connectivity index (χ0n) is 16.0. The maximum absolute atomic E-state index is 13.8. The summed E-state index contributed by atoms with van der Waals surface area (Å²) >= 11 is 0. The van der Waals surface area contributed by atoms with Crippen molar-refractivity contribution >= 4 is 11.9 Å². The number of esters is 1. The average molecular weight is 388 g/mol. The van der Waals surface area contributed by atoms with E-state index in [1.54, 1.807) is 18.2 Å². The summed E-state index contributed by atoms with van der Waals surface area (Å²) in [4.78, 5) is 30.2. The van der Waals surface area contributed by atoms with E-state index in [9.17, 15) is 14.0 Å². The molecule has 1 aliphatic rings. The lowest BCUT2D eigenvalue weighted by Gasteiger charge is -2.35. The second kappa shape index (κ2) is 9.48. The third-order valence-corrected chi connectivity index (χ3v) is 5.01. The van der Waals surface area contributed by atoms with Crippen LogP contribution in [-0.2, 0) is 20.7 Å². The van der Waals surface area contributed by atoms with E-state index >= 15 is 0 Å². The van der Waals surface area contributed by atoms with Crippen LogP contribution < -0.4 is 0 Å². The first-order chi connectivity index (χ1) is 13.6. The molecule has 0 saturated carbocycles. The van der Waals surface area contributed by atoms with E-state index in [4.69, 9.17) is 9.15 Å². The zero-order chi connectivity index (χ0) is 19.9. The fourth-order valence-corrected chi connectivity index (χ4v) is 3.47. The predicted octanol–water partition coefficient (Wildman–Crippen LogP) is 3.75. The molecule has 2 heterocycles. The molecule has 1 fully saturated rings. The van der Waals surface area contributed by atoms with Gasteiger partial charge in [0.1, 0.15) is 5.82 Å². The lowest BCUT2D eigenvalue weighted by molar-refractivity contribution is -0.153. The van der Waals surface area contributed by atoms with Gasteiger partial charge in [0.05, 0.1) is 18.2 Å². The number of hydrogen-bond acceptors (Lipinski definition) is 5. The number of nitrogens with zero attached hydrogens (tertiary/aromatic N) is 2. The smallest absolute Gasteiger partial charge is 0.306 e. The zero-order valence-corrected chi connectivity index (χ0v) is 16.0. The first kappa shape index (κ1) is 20.0. The van der Waals surface area contributed by atoms with Gasteiger partial charge in [-0.05, 0) is 37.8 Å². The summed E-state index contributed by atoms with van der Waals surface area (Å²) in [5.74, 6) is -0.385. The van der Waals surface area contributed by atoms with Gasteiger partial charge in [0.25, 0.3) is 5.91 Å². The number of aryl methyl sites for hydroxylation is 1. The summed E-state index contributed by atoms with van der Waals surface area (Å²) < 4.78 is 24.4. The molecule has 1 aromatic carbocycles. The first-order valence-electron chi connectivity index (χ1n) is 9.73. The highest BCUT2D eigenvalue weighted by Crippen LogP contribution is 2.23. The maximum Gasteiger partial charge on any atom is 0.306 e. The maximum atomic E-state index is 13.8. The molecule has 2 aromatic rings. The van der Waals surface area contributed by atoms with Crippen molar-refractivity contribution in [1.82, 2.24) is 9.88 Å². The van der Waals surface area contributed by atoms with Gasteiger partial charge >= 0.3 is 5.97 Å². The third-order valence-electron chi connectivity index (χ3n) is 5.01. The minimum absolute atomic E-state index is 0.0434. The quantitative estimate of drug-likeness (QED) is 0.676. The third kappa shape index (κ3) is 4.97. The number of ether oxygens (including phenoxy) is 1. The molecule has 1 aromatic heterocycles. The Balaban J connectivity index is 1.46. The van der Waals surface area contributed by atoms with Crippen molar-refractivity contribution < 1.29 is 23.1 Å². The van der Waals surface area contributed by atoms with Gasteiger partial charge in [-0.25, -0.2) is 9.37 Å². The van der Waals surface area contributed by atoms with E-state index < -0.39 is 11.8 Å². The van der Waals surface area contributed by atoms with Gasteiger partial charge in [0, 0.05) is 19.0 Å². The van der Waals surface area contributed by atoms with Crippen LogP contribution in [0.25, 0.3) is 11.3 Å². The number of benzene rings is 1. The second-order valence-corrected chi connectivity index (χ2v) is 6.90. The molecule has 1 aliphatic heterocycles. The lowest BCUT2D eigenvalue weighted by atomic mass is 10.00. The summed E-state index contributed by atoms with van der Waals surface area (Å²) in [6.45, 7) is 2.56. The van der Waals surface area contributed by atoms with Gasteiger partial charge in [-0.3, -0.25) is 9.59 Å². The van der Waals surface area contributed by atoms with Crippen LogP contribution in [0.2, 0.25) is 0 Å². The number of amides is 1. The minimum Gasteiger partial charge on any atom is -0.456 e. The highest BCUT2D eigenvalue weighted by atomic mass is 19.1. The highest BCUT2D eigenvalue weighted by molar-refractivity contribution is 5.81. The number of aromatic nitrogens is 1. The van der Waals surface area contributed by atoms with Crippen LogP contribution in [0.4, 0.5) is 4.39 Å². The van der Waals surface area contributed by atoms with E-state index in [-0.39, 0.29) is 31.4 Å². The fraction of sp³-hybridized carbons (Fsp3) is 0.476. The number of carbonyl (C=O) groups excluding carboxylic acids is 2. The first-order valence-corrected chi connectivity index (χ1v) is 9.73. The summed E-state index contributed by atoms with van der Waals surface area (Å²) in [7, 11) is 0. The van der Waals surface area contributed by atoms with Crippen molar-refractivity contribution in [3.8, 4) is 11.3 Å². The molecule has 0 N–H and O–H groups in total. The van der Waals surface area contributed by atoms with Crippen LogP contribution in [0.15, 0.2) is 34.9 Å². The summed E-state index contributed by atoms with van der Waals surface area (Å²) in [5.41, 5.74) is 0.321. The van der Waals surface area contributed by atoms with Crippen LogP contribution in [0.5, 0.6) is 0 Å². The van der Waals surface area contributed by atoms with Crippen LogP contribution in [-0.4, -0.2) is 41.0 Å². The van der Waals surface area contributed by atoms with Gasteiger partial charge in [-0.1, -0.05) is 19.1 Å². The van der Waals surface area contributed by atoms with Crippen LogP contribution in [0.3, 0.4) is 0 Å². The topological polar surface area (TPSA) is 72.6 Å². The van der Waals surface area contributed by atoms with E-state index in [0.29, 0.717) is 17.2 Å². The van der Waals surface area contributed by atoms with Crippen LogP contribution in [0.1, 0.15) is 44.9 Å². The molecule has 0 radical (unpaired) electrons. The molecule has 1 unspecified atom stereocenters. The molecular weight excluding hydrogens is 363 g/mol. The highest BCUT2D eigenvalue weighted by Gasteiger charge is 2.25. The van der Waals surface area contributed by atoms with Crippen molar-refractivity contribution in [3.63, 3.8) is 0 Å². The number of carbonyl (C=O) groups is 2. The minimum atomic E-state index is -0.482. The molecule has 3 rings (SSSR count). The largest absolute Gasteiger partial charge is 0.456 e. The predicted molar refractivity (Wildman–Crippen MR) is 101 cm³/mol. The molecule has 0 aliphatic carbocycles. The Hall–Kier alpha value is -2.70. The average Bonchev–Trinajstić information content (AvgIpc) is 3.19. The van der Waals surface area contributed by atoms with Crippen LogP contribution >= 0.6 is 0 Å². The van der Waals surface area contributed by atoms with Crippen molar-refractivity contribution in [3.05, 3.63) is 42.2 Å². The van der Waals surface area contributed by atoms with Gasteiger partial charge in [0.15, 0.2) is 18.3 Å². The molecule has 150 valence electrons. The van der Waals surface area contributed by atoms with Crippen molar-refractivity contribution in [2.75, 3.05) is 13.2 Å². The Morgan fingerprint density at radius 1 is 1.32 bits per heavy atom. The van der Waals surface area contributed by atoms with Gasteiger partial charge in [-0.2, -0.15) is 0 Å². The number of halogens is 1. The molecule has 7 heteroatoms. The Morgan fingerprint density at radius 3 is 2.93 bits per heavy atom. The monoisotopic (exact) mass is 388 g/mol. The number of rotatable bonds is 7. The molecule has 1 atom stereocenters. The molecule has 6 nitrogen and oxygen atoms in total. The SMILES string of the molecule is CCC1CCCCN1C(=O)COC(=O)CCc1ncc(-c2ccccc2F)o1. The Bertz CT molecular complexity index is 820. The standard InChI is InChI=1S/C21H25FN2O4/c1-2-15-7-5-6-12-24(15)20(25)14-27-21(26)11-10-19-23-13-18(28-19)16-8-3-4-9-17(16)22/h3-4,8-9,13,15H,2,5-7,10-12,14H2,1H3. The van der Waals surface area contributed by atoms with Gasteiger partial charge in [0.2, 0.25) is 0 Å². The number of piperidine rings is 1. The normalized spacial score (nSPS) is 16.8. The Morgan fingerprint density at radius 2 is 2.14 bits per heavy atom. The molecule has 0 bridgehead atoms. The molecule has 1 saturated heterocycles. The lowest BCUT2D eigenvalue weighted by Crippen LogP contribution is -2.45. The Labute approximate surface area is 163 Å². The number of likely N-dealkylation sites (tertiary alicyclic amines) is 1. The Kier molecular flexibility index (Phi) is 6.79. The molecule has 1 amide bonds. The second-order valence-electron chi connectivity index (χ2n) is 6.90. The molecular formula is C21H25FN2O4. The summed E-state index contributed by atoms with van der Waals surface area (Å²) in [5, 5.41) is 0. The molecule has 0 spiro atoms. The van der Waals surface area contributed by atoms with Crippen molar-refractivity contribution in [1.29, 1.82) is 0 Å². The van der Waals surface area contributed by atoms with Gasteiger partial charge < -0.3 is 14.1 Å². The number of oxazole rings is 1. The van der Waals surface area contributed by atoms with E-state index in [2.05, 4.69) is 11.9 Å².